The van der Waals surface area contributed by atoms with Gasteiger partial charge in [-0.3, -0.25) is 9.00 Å². The second-order valence-corrected chi connectivity index (χ2v) is 6.19. The molecular weight excluding hydrogens is 292 g/mol. The van der Waals surface area contributed by atoms with Gasteiger partial charge in [0.1, 0.15) is 0 Å². The fraction of sp³-hybridized carbons (Fsp3) is 0.429. The molecule has 1 aliphatic heterocycles. The zero-order valence-corrected chi connectivity index (χ0v) is 12.5. The summed E-state index contributed by atoms with van der Waals surface area (Å²) in [6, 6.07) is 6.78. The molecule has 0 saturated carbocycles. The predicted octanol–water partition coefficient (Wildman–Crippen LogP) is 0.537. The Hall–Kier alpha value is -2.07. The molecule has 2 rings (SSSR count). The average molecular weight is 308 g/mol. The molecule has 1 saturated heterocycles. The maximum absolute atomic E-state index is 12.0. The van der Waals surface area contributed by atoms with E-state index in [2.05, 4.69) is 0 Å². The standard InChI is InChI=1S/C14H16N2O4S/c1-19-13-8-11(9-15)2-3-12(13)20-10-14(17)16-4-6-21(18)7-5-16/h2-3,8H,4-7,10H2,1H3. The molecule has 21 heavy (non-hydrogen) atoms. The van der Waals surface area contributed by atoms with E-state index >= 15 is 0 Å². The average Bonchev–Trinajstić information content (AvgIpc) is 2.53. The summed E-state index contributed by atoms with van der Waals surface area (Å²) in [5.74, 6) is 1.74. The van der Waals surface area contributed by atoms with Gasteiger partial charge in [0.2, 0.25) is 0 Å². The molecule has 0 aromatic heterocycles. The van der Waals surface area contributed by atoms with Crippen molar-refractivity contribution in [1.82, 2.24) is 4.90 Å². The highest BCUT2D eigenvalue weighted by atomic mass is 32.2. The van der Waals surface area contributed by atoms with Crippen molar-refractivity contribution in [1.29, 1.82) is 5.26 Å². The molecule has 1 aromatic rings. The highest BCUT2D eigenvalue weighted by molar-refractivity contribution is 7.85. The molecule has 0 spiro atoms. The van der Waals surface area contributed by atoms with Gasteiger partial charge in [-0.15, -0.1) is 0 Å². The molecule has 0 N–H and O–H groups in total. The lowest BCUT2D eigenvalue weighted by Gasteiger charge is -2.26. The van der Waals surface area contributed by atoms with Crippen molar-refractivity contribution in [3.8, 4) is 17.6 Å². The molecule has 7 heteroatoms. The number of amides is 1. The summed E-state index contributed by atoms with van der Waals surface area (Å²) in [7, 11) is 0.666. The molecule has 1 fully saturated rings. The van der Waals surface area contributed by atoms with Crippen LogP contribution in [-0.4, -0.2) is 53.3 Å². The van der Waals surface area contributed by atoms with Gasteiger partial charge < -0.3 is 14.4 Å². The third-order valence-electron chi connectivity index (χ3n) is 3.17. The van der Waals surface area contributed by atoms with Gasteiger partial charge in [0, 0.05) is 41.5 Å². The smallest absolute Gasteiger partial charge is 0.260 e. The third kappa shape index (κ3) is 3.95. The van der Waals surface area contributed by atoms with E-state index < -0.39 is 10.8 Å². The summed E-state index contributed by atoms with van der Waals surface area (Å²) in [5.41, 5.74) is 0.462. The van der Waals surface area contributed by atoms with Gasteiger partial charge in [-0.2, -0.15) is 5.26 Å². The van der Waals surface area contributed by atoms with E-state index in [1.807, 2.05) is 6.07 Å². The van der Waals surface area contributed by atoms with Gasteiger partial charge in [0.15, 0.2) is 18.1 Å². The van der Waals surface area contributed by atoms with Crippen LogP contribution in [0.4, 0.5) is 0 Å². The lowest BCUT2D eigenvalue weighted by atomic mass is 10.2. The Labute approximate surface area is 125 Å². The number of nitrogens with zero attached hydrogens (tertiary/aromatic N) is 2. The van der Waals surface area contributed by atoms with Crippen LogP contribution in [0.1, 0.15) is 5.56 Å². The molecule has 0 aliphatic carbocycles. The molecule has 6 nitrogen and oxygen atoms in total. The summed E-state index contributed by atoms with van der Waals surface area (Å²) in [5, 5.41) is 8.83. The van der Waals surface area contributed by atoms with Crippen molar-refractivity contribution in [2.45, 2.75) is 0 Å². The Kier molecular flexibility index (Phi) is 5.17. The number of ether oxygens (including phenoxy) is 2. The fourth-order valence-corrected chi connectivity index (χ4v) is 3.03. The van der Waals surface area contributed by atoms with Crippen LogP contribution < -0.4 is 9.47 Å². The van der Waals surface area contributed by atoms with Gasteiger partial charge in [-0.05, 0) is 12.1 Å². The van der Waals surface area contributed by atoms with Crippen LogP contribution in [0.5, 0.6) is 11.5 Å². The number of carbonyl (C=O) groups is 1. The number of hydrogen-bond donors (Lipinski definition) is 0. The van der Waals surface area contributed by atoms with Gasteiger partial charge >= 0.3 is 0 Å². The van der Waals surface area contributed by atoms with Crippen LogP contribution in [0.2, 0.25) is 0 Å². The Balaban J connectivity index is 1.95. The molecule has 1 heterocycles. The predicted molar refractivity (Wildman–Crippen MR) is 77.7 cm³/mol. The van der Waals surface area contributed by atoms with Crippen LogP contribution in [0.25, 0.3) is 0 Å². The second-order valence-electron chi connectivity index (χ2n) is 4.49. The number of carbonyl (C=O) groups excluding carboxylic acids is 1. The molecule has 112 valence electrons. The quantitative estimate of drug-likeness (QED) is 0.811. The number of hydrogen-bond acceptors (Lipinski definition) is 5. The maximum atomic E-state index is 12.0. The van der Waals surface area contributed by atoms with Crippen LogP contribution in [0.15, 0.2) is 18.2 Å². The van der Waals surface area contributed by atoms with Crippen molar-refractivity contribution < 1.29 is 18.5 Å². The normalized spacial score (nSPS) is 15.3. The second kappa shape index (κ2) is 7.09. The first-order chi connectivity index (χ1) is 10.1. The zero-order chi connectivity index (χ0) is 15.2. The van der Waals surface area contributed by atoms with Gasteiger partial charge in [0.05, 0.1) is 18.7 Å². The summed E-state index contributed by atoms with van der Waals surface area (Å²) in [6.07, 6.45) is 0. The Bertz CT molecular complexity index is 587. The Morgan fingerprint density at radius 2 is 2.10 bits per heavy atom. The highest BCUT2D eigenvalue weighted by Gasteiger charge is 2.20. The largest absolute Gasteiger partial charge is 0.493 e. The van der Waals surface area contributed by atoms with E-state index in [-0.39, 0.29) is 12.5 Å². The Morgan fingerprint density at radius 1 is 1.38 bits per heavy atom. The van der Waals surface area contributed by atoms with E-state index in [4.69, 9.17) is 14.7 Å². The molecule has 0 atom stereocenters. The van der Waals surface area contributed by atoms with E-state index in [0.717, 1.165) is 0 Å². The summed E-state index contributed by atoms with van der Waals surface area (Å²) in [6.45, 7) is 0.896. The minimum atomic E-state index is -0.812. The maximum Gasteiger partial charge on any atom is 0.260 e. The summed E-state index contributed by atoms with van der Waals surface area (Å²) >= 11 is 0. The lowest BCUT2D eigenvalue weighted by Crippen LogP contribution is -2.43. The Morgan fingerprint density at radius 3 is 2.71 bits per heavy atom. The molecule has 1 aliphatic rings. The molecule has 0 radical (unpaired) electrons. The number of rotatable bonds is 4. The number of methoxy groups -OCH3 is 1. The topological polar surface area (TPSA) is 79.6 Å². The fourth-order valence-electron chi connectivity index (χ4n) is 1.97. The summed E-state index contributed by atoms with van der Waals surface area (Å²) in [4.78, 5) is 13.7. The van der Waals surface area contributed by atoms with Crippen LogP contribution >= 0.6 is 0 Å². The van der Waals surface area contributed by atoms with E-state index in [1.54, 1.807) is 23.1 Å². The van der Waals surface area contributed by atoms with E-state index in [0.29, 0.717) is 41.7 Å². The van der Waals surface area contributed by atoms with Crippen molar-refractivity contribution in [2.75, 3.05) is 38.3 Å². The van der Waals surface area contributed by atoms with E-state index in [9.17, 15) is 9.00 Å². The first kappa shape index (κ1) is 15.3. The minimum Gasteiger partial charge on any atom is -0.493 e. The van der Waals surface area contributed by atoms with Crippen LogP contribution in [0, 0.1) is 11.3 Å². The first-order valence-electron chi connectivity index (χ1n) is 6.47. The molecule has 1 aromatic carbocycles. The molecule has 0 bridgehead atoms. The molecular formula is C14H16N2O4S. The molecule has 0 unspecified atom stereocenters. The SMILES string of the molecule is COc1cc(C#N)ccc1OCC(=O)N1CCS(=O)CC1. The van der Waals surface area contributed by atoms with Crippen molar-refractivity contribution in [3.63, 3.8) is 0 Å². The van der Waals surface area contributed by atoms with Gasteiger partial charge in [0.25, 0.3) is 5.91 Å². The minimum absolute atomic E-state index is 0.102. The summed E-state index contributed by atoms with van der Waals surface area (Å²) < 4.78 is 21.9. The van der Waals surface area contributed by atoms with E-state index in [1.165, 1.54) is 7.11 Å². The van der Waals surface area contributed by atoms with Gasteiger partial charge in [-0.25, -0.2) is 0 Å². The number of nitriles is 1. The highest BCUT2D eigenvalue weighted by Crippen LogP contribution is 2.27. The van der Waals surface area contributed by atoms with Crippen molar-refractivity contribution in [2.24, 2.45) is 0 Å². The van der Waals surface area contributed by atoms with Crippen molar-refractivity contribution in [3.05, 3.63) is 23.8 Å². The lowest BCUT2D eigenvalue weighted by molar-refractivity contribution is -0.133. The zero-order valence-electron chi connectivity index (χ0n) is 11.7. The monoisotopic (exact) mass is 308 g/mol. The third-order valence-corrected chi connectivity index (χ3v) is 4.45. The molecule has 1 amide bonds. The van der Waals surface area contributed by atoms with Gasteiger partial charge in [-0.1, -0.05) is 0 Å². The van der Waals surface area contributed by atoms with Crippen LogP contribution in [-0.2, 0) is 15.6 Å². The van der Waals surface area contributed by atoms with Crippen LogP contribution in [0.3, 0.4) is 0 Å². The number of benzene rings is 1. The van der Waals surface area contributed by atoms with Crippen molar-refractivity contribution >= 4 is 16.7 Å². The first-order valence-corrected chi connectivity index (χ1v) is 7.96.